The second-order valence-corrected chi connectivity index (χ2v) is 2.74. The van der Waals surface area contributed by atoms with Gasteiger partial charge in [0.1, 0.15) is 6.61 Å². The van der Waals surface area contributed by atoms with Gasteiger partial charge in [0.2, 0.25) is 5.88 Å². The van der Waals surface area contributed by atoms with Gasteiger partial charge in [-0.15, -0.1) is 0 Å². The maximum absolute atomic E-state index is 5.23. The minimum Gasteiger partial charge on any atom is -0.475 e. The molecule has 1 N–H and O–H groups in total. The van der Waals surface area contributed by atoms with Gasteiger partial charge in [0.05, 0.1) is 17.3 Å². The van der Waals surface area contributed by atoms with Crippen LogP contribution in [0.5, 0.6) is 5.88 Å². The first-order chi connectivity index (χ1) is 5.34. The Balaban J connectivity index is 2.32. The van der Waals surface area contributed by atoms with E-state index < -0.39 is 0 Å². The summed E-state index contributed by atoms with van der Waals surface area (Å²) in [5, 5.41) is 6.45. The van der Waals surface area contributed by atoms with Gasteiger partial charge in [0, 0.05) is 7.11 Å². The lowest BCUT2D eigenvalue weighted by Gasteiger charge is -2.01. The average Bonchev–Trinajstić information content (AvgIpc) is 2.37. The van der Waals surface area contributed by atoms with Crippen LogP contribution in [0.25, 0.3) is 0 Å². The van der Waals surface area contributed by atoms with E-state index in [0.717, 1.165) is 4.47 Å². The molecule has 1 aromatic rings. The van der Waals surface area contributed by atoms with Crippen LogP contribution in [0.2, 0.25) is 0 Å². The molecular formula is C6H9BrN2O2. The minimum atomic E-state index is 0.525. The van der Waals surface area contributed by atoms with Crippen LogP contribution in [0.1, 0.15) is 0 Å². The summed E-state index contributed by atoms with van der Waals surface area (Å²) in [6.45, 7) is 1.10. The monoisotopic (exact) mass is 220 g/mol. The summed E-state index contributed by atoms with van der Waals surface area (Å²) in [4.78, 5) is 0. The first-order valence-corrected chi connectivity index (χ1v) is 3.94. The predicted molar refractivity (Wildman–Crippen MR) is 43.7 cm³/mol. The Labute approximate surface area is 73.0 Å². The fourth-order valence-corrected chi connectivity index (χ4v) is 0.893. The smallest absolute Gasteiger partial charge is 0.223 e. The van der Waals surface area contributed by atoms with Crippen LogP contribution in [0.15, 0.2) is 10.7 Å². The molecule has 5 heteroatoms. The first kappa shape index (κ1) is 8.55. The second-order valence-electron chi connectivity index (χ2n) is 1.89. The van der Waals surface area contributed by atoms with Crippen molar-refractivity contribution < 1.29 is 9.47 Å². The molecule has 0 aliphatic heterocycles. The van der Waals surface area contributed by atoms with Crippen molar-refractivity contribution in [3.8, 4) is 5.88 Å². The van der Waals surface area contributed by atoms with Crippen LogP contribution < -0.4 is 4.74 Å². The van der Waals surface area contributed by atoms with Crippen molar-refractivity contribution in [1.82, 2.24) is 10.2 Å². The van der Waals surface area contributed by atoms with E-state index in [1.807, 2.05) is 0 Å². The number of nitrogens with zero attached hydrogens (tertiary/aromatic N) is 1. The van der Waals surface area contributed by atoms with Crippen LogP contribution in [0, 0.1) is 0 Å². The van der Waals surface area contributed by atoms with Crippen molar-refractivity contribution in [2.45, 2.75) is 0 Å². The molecule has 11 heavy (non-hydrogen) atoms. The topological polar surface area (TPSA) is 47.1 Å². The highest BCUT2D eigenvalue weighted by atomic mass is 79.9. The van der Waals surface area contributed by atoms with Crippen LogP contribution >= 0.6 is 15.9 Å². The van der Waals surface area contributed by atoms with Crippen LogP contribution in [-0.4, -0.2) is 30.5 Å². The zero-order chi connectivity index (χ0) is 8.10. The maximum Gasteiger partial charge on any atom is 0.223 e. The van der Waals surface area contributed by atoms with E-state index in [2.05, 4.69) is 26.1 Å². The molecule has 0 aliphatic carbocycles. The van der Waals surface area contributed by atoms with Crippen LogP contribution in [0.3, 0.4) is 0 Å². The number of halogens is 1. The Kier molecular flexibility index (Phi) is 3.38. The third-order valence-corrected chi connectivity index (χ3v) is 1.66. The molecule has 0 aromatic carbocycles. The zero-order valence-electron chi connectivity index (χ0n) is 6.13. The summed E-state index contributed by atoms with van der Waals surface area (Å²) in [5.74, 6) is 0.641. The third-order valence-electron chi connectivity index (χ3n) is 1.09. The Morgan fingerprint density at radius 1 is 1.64 bits per heavy atom. The normalized spacial score (nSPS) is 10.0. The number of ether oxygens (including phenoxy) is 2. The summed E-state index contributed by atoms with van der Waals surface area (Å²) in [5.41, 5.74) is 0. The molecular weight excluding hydrogens is 212 g/mol. The van der Waals surface area contributed by atoms with Crippen LogP contribution in [-0.2, 0) is 4.74 Å². The summed E-state index contributed by atoms with van der Waals surface area (Å²) in [7, 11) is 1.63. The van der Waals surface area contributed by atoms with Gasteiger partial charge in [0.25, 0.3) is 0 Å². The molecule has 0 fully saturated rings. The SMILES string of the molecule is COCCOc1[nH]ncc1Br. The number of aromatic nitrogens is 2. The largest absolute Gasteiger partial charge is 0.475 e. The van der Waals surface area contributed by atoms with E-state index in [-0.39, 0.29) is 0 Å². The maximum atomic E-state index is 5.23. The Bertz CT molecular complexity index is 214. The van der Waals surface area contributed by atoms with Gasteiger partial charge in [-0.1, -0.05) is 0 Å². The Morgan fingerprint density at radius 2 is 2.45 bits per heavy atom. The molecule has 4 nitrogen and oxygen atoms in total. The molecule has 0 saturated heterocycles. The molecule has 62 valence electrons. The molecule has 0 amide bonds. The molecule has 1 heterocycles. The minimum absolute atomic E-state index is 0.525. The molecule has 1 aromatic heterocycles. The van der Waals surface area contributed by atoms with Gasteiger partial charge < -0.3 is 9.47 Å². The third kappa shape index (κ3) is 2.51. The molecule has 0 bridgehead atoms. The first-order valence-electron chi connectivity index (χ1n) is 3.15. The zero-order valence-corrected chi connectivity index (χ0v) is 7.72. The average molecular weight is 221 g/mol. The number of methoxy groups -OCH3 is 1. The van der Waals surface area contributed by atoms with Crippen molar-refractivity contribution in [2.24, 2.45) is 0 Å². The highest BCUT2D eigenvalue weighted by Gasteiger charge is 2.00. The van der Waals surface area contributed by atoms with E-state index in [9.17, 15) is 0 Å². The molecule has 0 saturated carbocycles. The fourth-order valence-electron chi connectivity index (χ4n) is 0.588. The van der Waals surface area contributed by atoms with E-state index >= 15 is 0 Å². The molecule has 1 rings (SSSR count). The number of aromatic amines is 1. The molecule has 0 unspecified atom stereocenters. The van der Waals surface area contributed by atoms with Gasteiger partial charge >= 0.3 is 0 Å². The van der Waals surface area contributed by atoms with Gasteiger partial charge in [-0.2, -0.15) is 5.10 Å². The van der Waals surface area contributed by atoms with Gasteiger partial charge in [-0.25, -0.2) is 5.10 Å². The van der Waals surface area contributed by atoms with E-state index in [1.54, 1.807) is 13.3 Å². The summed E-state index contributed by atoms with van der Waals surface area (Å²) in [6, 6.07) is 0. The van der Waals surface area contributed by atoms with Gasteiger partial charge in [-0.05, 0) is 15.9 Å². The lowest BCUT2D eigenvalue weighted by atomic mass is 10.7. The van der Waals surface area contributed by atoms with E-state index in [4.69, 9.17) is 9.47 Å². The summed E-state index contributed by atoms with van der Waals surface area (Å²) in [6.07, 6.45) is 1.64. The van der Waals surface area contributed by atoms with Crippen molar-refractivity contribution in [2.75, 3.05) is 20.3 Å². The molecule has 0 atom stereocenters. The summed E-state index contributed by atoms with van der Waals surface area (Å²) >= 11 is 3.26. The molecule has 0 aliphatic rings. The Morgan fingerprint density at radius 3 is 3.00 bits per heavy atom. The highest BCUT2D eigenvalue weighted by molar-refractivity contribution is 9.10. The number of nitrogens with one attached hydrogen (secondary N) is 1. The van der Waals surface area contributed by atoms with Crippen molar-refractivity contribution in [1.29, 1.82) is 0 Å². The van der Waals surface area contributed by atoms with Crippen LogP contribution in [0.4, 0.5) is 0 Å². The number of rotatable bonds is 4. The second kappa shape index (κ2) is 4.35. The lowest BCUT2D eigenvalue weighted by Crippen LogP contribution is -2.04. The van der Waals surface area contributed by atoms with Crippen molar-refractivity contribution in [3.05, 3.63) is 10.7 Å². The predicted octanol–water partition coefficient (Wildman–Crippen LogP) is 1.20. The van der Waals surface area contributed by atoms with Gasteiger partial charge in [0.15, 0.2) is 0 Å². The number of hydrogen-bond acceptors (Lipinski definition) is 3. The quantitative estimate of drug-likeness (QED) is 0.777. The molecule has 0 spiro atoms. The van der Waals surface area contributed by atoms with E-state index in [1.165, 1.54) is 0 Å². The fraction of sp³-hybridized carbons (Fsp3) is 0.500. The standard InChI is InChI=1S/C6H9BrN2O2/c1-10-2-3-11-6-5(7)4-8-9-6/h4H,2-3H2,1H3,(H,8,9). The number of hydrogen-bond donors (Lipinski definition) is 1. The highest BCUT2D eigenvalue weighted by Crippen LogP contribution is 2.19. The molecule has 0 radical (unpaired) electrons. The lowest BCUT2D eigenvalue weighted by molar-refractivity contribution is 0.143. The number of H-pyrrole nitrogens is 1. The van der Waals surface area contributed by atoms with Gasteiger partial charge in [-0.3, -0.25) is 0 Å². The summed E-state index contributed by atoms with van der Waals surface area (Å²) < 4.78 is 10.9. The van der Waals surface area contributed by atoms with Crippen molar-refractivity contribution in [3.63, 3.8) is 0 Å². The van der Waals surface area contributed by atoms with Crippen molar-refractivity contribution >= 4 is 15.9 Å². The van der Waals surface area contributed by atoms with E-state index in [0.29, 0.717) is 19.1 Å². The Hall–Kier alpha value is -0.550.